The van der Waals surface area contributed by atoms with Gasteiger partial charge in [0.25, 0.3) is 0 Å². The average molecular weight is 642 g/mol. The number of likely N-dealkylation sites (tertiary alicyclic amines) is 1. The molecule has 0 unspecified atom stereocenters. The fourth-order valence-corrected chi connectivity index (χ4v) is 10.1. The highest BCUT2D eigenvalue weighted by Gasteiger charge is 2.49. The molecule has 4 aromatic heterocycles. The Balaban J connectivity index is 1.28. The van der Waals surface area contributed by atoms with Crippen molar-refractivity contribution >= 4 is 33.2 Å². The van der Waals surface area contributed by atoms with E-state index in [1.54, 1.807) is 11.3 Å². The van der Waals surface area contributed by atoms with E-state index in [0.717, 1.165) is 105 Å². The topological polar surface area (TPSA) is 146 Å². The minimum Gasteiger partial charge on any atom is -0.390 e. The number of fused-ring (bicyclic) bond motifs is 5. The molecule has 2 aliphatic heterocycles. The summed E-state index contributed by atoms with van der Waals surface area (Å²) < 4.78 is 8.43. The molecule has 4 atom stereocenters. The highest BCUT2D eigenvalue weighted by atomic mass is 32.1. The fourth-order valence-electron chi connectivity index (χ4n) is 8.96. The highest BCUT2D eigenvalue weighted by Crippen LogP contribution is 2.55. The first-order chi connectivity index (χ1) is 22.2. The van der Waals surface area contributed by atoms with Crippen LogP contribution in [0, 0.1) is 11.3 Å². The molecule has 11 nitrogen and oxygen atoms in total. The number of nitrogens with zero attached hydrogens (tertiary/aromatic N) is 8. The number of hydrogen-bond donors (Lipinski definition) is 2. The van der Waals surface area contributed by atoms with E-state index in [0.29, 0.717) is 41.1 Å². The third-order valence-corrected chi connectivity index (χ3v) is 12.5. The van der Waals surface area contributed by atoms with E-state index in [1.165, 1.54) is 11.3 Å². The van der Waals surface area contributed by atoms with Crippen LogP contribution in [-0.4, -0.2) is 73.2 Å². The minimum atomic E-state index is -0.693. The van der Waals surface area contributed by atoms with E-state index in [1.807, 2.05) is 13.1 Å². The lowest BCUT2D eigenvalue weighted by atomic mass is 9.63. The van der Waals surface area contributed by atoms with Crippen molar-refractivity contribution in [3.05, 3.63) is 33.5 Å². The van der Waals surface area contributed by atoms with Gasteiger partial charge in [-0.3, -0.25) is 0 Å². The van der Waals surface area contributed by atoms with Crippen LogP contribution in [0.5, 0.6) is 0 Å². The van der Waals surface area contributed by atoms with E-state index in [9.17, 15) is 10.4 Å². The third kappa shape index (κ3) is 4.57. The maximum Gasteiger partial charge on any atom is 0.186 e. The second kappa shape index (κ2) is 11.0. The van der Waals surface area contributed by atoms with E-state index in [2.05, 4.69) is 34.5 Å². The first-order valence-electron chi connectivity index (χ1n) is 16.9. The number of nitriles is 1. The number of nitrogen functional groups attached to an aromatic ring is 1. The van der Waals surface area contributed by atoms with Crippen molar-refractivity contribution in [1.29, 1.82) is 5.26 Å². The smallest absolute Gasteiger partial charge is 0.186 e. The number of hydrogen-bond acceptors (Lipinski definition) is 11. The predicted molar refractivity (Wildman–Crippen MR) is 178 cm³/mol. The largest absolute Gasteiger partial charge is 0.390 e. The molecular weight excluding hydrogens is 599 g/mol. The van der Waals surface area contributed by atoms with Crippen molar-refractivity contribution in [3.8, 4) is 17.6 Å². The molecule has 2 aliphatic carbocycles. The van der Waals surface area contributed by atoms with Gasteiger partial charge in [-0.05, 0) is 104 Å². The van der Waals surface area contributed by atoms with E-state index in [-0.39, 0.29) is 6.04 Å². The first kappa shape index (κ1) is 29.8. The van der Waals surface area contributed by atoms with Crippen molar-refractivity contribution in [2.45, 2.75) is 108 Å². The lowest BCUT2D eigenvalue weighted by Crippen LogP contribution is -2.35. The monoisotopic (exact) mass is 641 g/mol. The normalized spacial score (nSPS) is 27.5. The molecule has 0 saturated carbocycles. The van der Waals surface area contributed by atoms with Gasteiger partial charge in [-0.15, -0.1) is 11.3 Å². The molecule has 0 amide bonds. The number of anilines is 2. The highest BCUT2D eigenvalue weighted by molar-refractivity contribution is 7.16. The van der Waals surface area contributed by atoms with Crippen molar-refractivity contribution in [2.75, 3.05) is 37.3 Å². The Morgan fingerprint density at radius 3 is 2.72 bits per heavy atom. The van der Waals surface area contributed by atoms with Gasteiger partial charge in [0.1, 0.15) is 16.9 Å². The fraction of sp³-hybridized carbons (Fsp3) is 0.618. The molecule has 0 bridgehead atoms. The third-order valence-electron chi connectivity index (χ3n) is 11.4. The van der Waals surface area contributed by atoms with Crippen LogP contribution in [0.25, 0.3) is 22.6 Å². The van der Waals surface area contributed by atoms with Crippen LogP contribution in [0.1, 0.15) is 105 Å². The molecule has 1 spiro atoms. The Hall–Kier alpha value is -3.53. The van der Waals surface area contributed by atoms with Crippen LogP contribution < -0.4 is 10.6 Å². The Labute approximate surface area is 273 Å². The van der Waals surface area contributed by atoms with Gasteiger partial charge in [0, 0.05) is 29.6 Å². The van der Waals surface area contributed by atoms with Gasteiger partial charge in [-0.1, -0.05) is 5.16 Å². The summed E-state index contributed by atoms with van der Waals surface area (Å²) in [5.41, 5.74) is 9.50. The van der Waals surface area contributed by atoms with Gasteiger partial charge in [0.15, 0.2) is 22.9 Å². The lowest BCUT2D eigenvalue weighted by Gasteiger charge is -2.39. The minimum absolute atomic E-state index is 0.133. The van der Waals surface area contributed by atoms with Gasteiger partial charge in [0.05, 0.1) is 34.2 Å². The summed E-state index contributed by atoms with van der Waals surface area (Å²) in [5.74, 6) is 2.25. The number of likely N-dealkylation sites (N-methyl/N-ethyl adjacent to an activating group) is 1. The molecule has 2 fully saturated rings. The zero-order valence-corrected chi connectivity index (χ0v) is 27.9. The summed E-state index contributed by atoms with van der Waals surface area (Å²) in [4.78, 5) is 16.4. The van der Waals surface area contributed by atoms with Crippen LogP contribution >= 0.6 is 11.3 Å². The van der Waals surface area contributed by atoms with E-state index >= 15 is 0 Å². The number of rotatable bonds is 4. The molecule has 46 heavy (non-hydrogen) atoms. The Morgan fingerprint density at radius 2 is 1.93 bits per heavy atom. The van der Waals surface area contributed by atoms with Gasteiger partial charge in [-0.25, -0.2) is 14.6 Å². The molecule has 0 aromatic carbocycles. The first-order valence-corrected chi connectivity index (χ1v) is 17.8. The summed E-state index contributed by atoms with van der Waals surface area (Å²) in [6.45, 7) is 6.76. The van der Waals surface area contributed by atoms with Crippen LogP contribution in [0.4, 0.5) is 10.8 Å². The zero-order chi connectivity index (χ0) is 31.8. The summed E-state index contributed by atoms with van der Waals surface area (Å²) >= 11 is 1.56. The lowest BCUT2D eigenvalue weighted by molar-refractivity contribution is 0.0481. The molecule has 2 saturated heterocycles. The Morgan fingerprint density at radius 1 is 1.11 bits per heavy atom. The summed E-state index contributed by atoms with van der Waals surface area (Å²) in [7, 11) is 2.20. The molecule has 0 radical (unpaired) electrons. The van der Waals surface area contributed by atoms with E-state index in [4.69, 9.17) is 30.5 Å². The van der Waals surface area contributed by atoms with Crippen LogP contribution in [-0.2, 0) is 18.3 Å². The molecule has 4 aliphatic rings. The van der Waals surface area contributed by atoms with Gasteiger partial charge in [0.2, 0.25) is 0 Å². The number of aromatic nitrogens is 5. The van der Waals surface area contributed by atoms with Gasteiger partial charge >= 0.3 is 0 Å². The maximum absolute atomic E-state index is 10.9. The number of aryl methyl sites for hydroxylation is 1. The molecular formula is C34H43N9O2S. The van der Waals surface area contributed by atoms with Crippen molar-refractivity contribution in [3.63, 3.8) is 0 Å². The molecule has 6 heterocycles. The van der Waals surface area contributed by atoms with Gasteiger partial charge in [-0.2, -0.15) is 10.4 Å². The zero-order valence-electron chi connectivity index (χ0n) is 27.1. The van der Waals surface area contributed by atoms with Crippen molar-refractivity contribution in [2.24, 2.45) is 0 Å². The average Bonchev–Trinajstić information content (AvgIpc) is 3.81. The number of aliphatic hydroxyl groups is 1. The quantitative estimate of drug-likeness (QED) is 0.299. The Kier molecular flexibility index (Phi) is 7.16. The molecule has 8 rings (SSSR count). The molecule has 4 aromatic rings. The van der Waals surface area contributed by atoms with Crippen molar-refractivity contribution < 1.29 is 9.63 Å². The summed E-state index contributed by atoms with van der Waals surface area (Å²) in [6, 6.07) is 2.93. The summed E-state index contributed by atoms with van der Waals surface area (Å²) in [5, 5.41) is 32.2. The van der Waals surface area contributed by atoms with Crippen LogP contribution in [0.15, 0.2) is 10.7 Å². The molecule has 3 N–H and O–H groups in total. The van der Waals surface area contributed by atoms with Crippen LogP contribution in [0.3, 0.4) is 0 Å². The summed E-state index contributed by atoms with van der Waals surface area (Å²) in [6.07, 6.45) is 12.1. The molecule has 12 heteroatoms. The maximum atomic E-state index is 10.9. The SMILES string of the molecule is C[C@@H]([C@@H]1CCCN1C)n1ncc2c(N3CCC[C@](C)(O)CC3)nc(-c3noc4c3CCC[C@@]43CCCc4sc(N)c(C#N)c43)nc21. The predicted octanol–water partition coefficient (Wildman–Crippen LogP) is 5.35. The number of nitrogens with two attached hydrogens (primary N) is 1. The standard InChI is InChI=1S/C34H43N9O2S/c1-20(24-9-6-15-41(24)3)43-32-23(19-37-43)31(42-16-7-11-33(2,44)14-17-42)38-30(39-32)27-21-8-4-12-34(28(21)45-40-27)13-5-10-25-26(34)22(18-35)29(36)46-25/h19-20,24,44H,4-17,36H2,1-3H3/t20-,24-,33-,34-/m0/s1. The second-order valence-corrected chi connectivity index (χ2v) is 15.5. The van der Waals surface area contributed by atoms with E-state index < -0.39 is 11.0 Å². The Bertz CT molecular complexity index is 1850. The van der Waals surface area contributed by atoms with Crippen LogP contribution in [0.2, 0.25) is 0 Å². The van der Waals surface area contributed by atoms with Gasteiger partial charge < -0.3 is 25.2 Å². The second-order valence-electron chi connectivity index (χ2n) is 14.3. The molecule has 242 valence electrons. The van der Waals surface area contributed by atoms with Crippen molar-refractivity contribution in [1.82, 2.24) is 29.8 Å². The number of thiophene rings is 1.